The number of carbonyl (C=O) groups excluding carboxylic acids is 2. The van der Waals surface area contributed by atoms with Crippen LogP contribution in [0.15, 0.2) is 52.7 Å². The molecular weight excluding hydrogens is 534 g/mol. The number of carboxylic acids is 1. The molecule has 13 nitrogen and oxygen atoms in total. The molecule has 0 bridgehead atoms. The Hall–Kier alpha value is -3.95. The van der Waals surface area contributed by atoms with Crippen LogP contribution in [0, 0.1) is 0 Å². The van der Waals surface area contributed by atoms with Gasteiger partial charge < -0.3 is 30.5 Å². The van der Waals surface area contributed by atoms with Crippen LogP contribution < -0.4 is 15.6 Å². The van der Waals surface area contributed by atoms with E-state index in [1.807, 2.05) is 33.6 Å². The number of nitrogens with one attached hydrogen (secondary N) is 1. The number of aromatic nitrogens is 3. The van der Waals surface area contributed by atoms with E-state index in [0.29, 0.717) is 11.3 Å². The highest BCUT2D eigenvalue weighted by Gasteiger charge is 2.54. The lowest BCUT2D eigenvalue weighted by Crippen LogP contribution is -2.71. The summed E-state index contributed by atoms with van der Waals surface area (Å²) in [5.41, 5.74) is 7.78. The number of thiazole rings is 1. The van der Waals surface area contributed by atoms with Crippen LogP contribution in [0.25, 0.3) is 5.52 Å². The Bertz CT molecular complexity index is 1500. The average Bonchev–Trinajstić information content (AvgIpc) is 3.52. The fraction of sp³-hybridized carbons (Fsp3) is 0.304. The predicted octanol–water partition coefficient (Wildman–Crippen LogP) is -0.0628. The maximum absolute atomic E-state index is 13.1. The first-order chi connectivity index (χ1) is 18.3. The number of carboxylic acid groups (broad SMARTS) is 1. The number of rotatable bonds is 9. The Morgan fingerprint density at radius 1 is 1.39 bits per heavy atom. The number of amides is 2. The molecule has 1 fully saturated rings. The molecule has 5 N–H and O–H groups in total. The Kier molecular flexibility index (Phi) is 7.05. The van der Waals surface area contributed by atoms with Crippen LogP contribution in [0.3, 0.4) is 0 Å². The van der Waals surface area contributed by atoms with Gasteiger partial charge in [0.1, 0.15) is 34.9 Å². The third kappa shape index (κ3) is 4.59. The van der Waals surface area contributed by atoms with Crippen molar-refractivity contribution in [3.63, 3.8) is 0 Å². The number of hydrogen-bond donors (Lipinski definition) is 4. The topological polar surface area (TPSA) is 176 Å². The van der Waals surface area contributed by atoms with Gasteiger partial charge in [-0.05, 0) is 13.0 Å². The Balaban J connectivity index is 1.36. The number of nitrogens with two attached hydrogens (primary N) is 1. The summed E-state index contributed by atoms with van der Waals surface area (Å²) in [5, 5.41) is 27.3. The summed E-state index contributed by atoms with van der Waals surface area (Å²) >= 11 is 2.50. The van der Waals surface area contributed by atoms with E-state index in [9.17, 15) is 24.6 Å². The van der Waals surface area contributed by atoms with Gasteiger partial charge in [0.05, 0.1) is 12.8 Å². The number of oxime groups is 1. The van der Waals surface area contributed by atoms with Gasteiger partial charge in [-0.3, -0.25) is 14.5 Å². The first-order valence-corrected chi connectivity index (χ1v) is 13.5. The molecule has 15 heteroatoms. The van der Waals surface area contributed by atoms with Gasteiger partial charge >= 0.3 is 5.97 Å². The number of aliphatic carboxylic acids is 1. The lowest BCUT2D eigenvalue weighted by Gasteiger charge is -2.49. The molecule has 198 valence electrons. The molecule has 2 amide bonds. The molecule has 3 aromatic heterocycles. The maximum Gasteiger partial charge on any atom is 0.352 e. The molecule has 2 aliphatic heterocycles. The molecule has 0 spiro atoms. The van der Waals surface area contributed by atoms with Crippen LogP contribution in [0.1, 0.15) is 18.2 Å². The van der Waals surface area contributed by atoms with E-state index in [4.69, 9.17) is 10.6 Å². The first kappa shape index (κ1) is 25.7. The Labute approximate surface area is 224 Å². The summed E-state index contributed by atoms with van der Waals surface area (Å²) in [4.78, 5) is 48.7. The van der Waals surface area contributed by atoms with E-state index in [1.54, 1.807) is 18.5 Å². The van der Waals surface area contributed by atoms with Crippen molar-refractivity contribution in [2.45, 2.75) is 31.5 Å². The normalized spacial score (nSPS) is 19.4. The second kappa shape index (κ2) is 10.4. The Morgan fingerprint density at radius 2 is 2.21 bits per heavy atom. The zero-order chi connectivity index (χ0) is 27.0. The minimum absolute atomic E-state index is 0.0927. The zero-order valence-corrected chi connectivity index (χ0v) is 21.7. The molecule has 2 aliphatic rings. The largest absolute Gasteiger partial charge is 0.477 e. The third-order valence-electron chi connectivity index (χ3n) is 6.10. The molecule has 3 aromatic rings. The number of β-lactam (4-membered cyclic amide) rings is 1. The number of thioether (sulfide) groups is 1. The van der Waals surface area contributed by atoms with Gasteiger partial charge in [-0.1, -0.05) is 5.16 Å². The minimum atomic E-state index is -1.22. The molecule has 0 aromatic carbocycles. The van der Waals surface area contributed by atoms with E-state index >= 15 is 0 Å². The number of nitrogen functional groups attached to an aromatic ring is 1. The van der Waals surface area contributed by atoms with Crippen LogP contribution in [0.5, 0.6) is 0 Å². The van der Waals surface area contributed by atoms with Crippen molar-refractivity contribution >= 4 is 57.2 Å². The quantitative estimate of drug-likeness (QED) is 0.121. The number of anilines is 1. The molecule has 38 heavy (non-hydrogen) atoms. The summed E-state index contributed by atoms with van der Waals surface area (Å²) in [6.07, 6.45) is 7.25. The van der Waals surface area contributed by atoms with Crippen molar-refractivity contribution in [2.24, 2.45) is 5.16 Å². The molecule has 5 heterocycles. The monoisotopic (exact) mass is 558 g/mol. The molecular formula is C23H24N7O6S2+. The highest BCUT2D eigenvalue weighted by Crippen LogP contribution is 2.40. The van der Waals surface area contributed by atoms with Crippen molar-refractivity contribution in [3.8, 4) is 0 Å². The van der Waals surface area contributed by atoms with Crippen LogP contribution in [0.2, 0.25) is 0 Å². The minimum Gasteiger partial charge on any atom is -0.477 e. The highest BCUT2D eigenvalue weighted by molar-refractivity contribution is 8.00. The summed E-state index contributed by atoms with van der Waals surface area (Å²) in [6, 6.07) is 0.868. The number of aliphatic hydroxyl groups excluding tert-OH is 1. The maximum atomic E-state index is 13.1. The van der Waals surface area contributed by atoms with Gasteiger partial charge in [0.25, 0.3) is 11.8 Å². The fourth-order valence-electron chi connectivity index (χ4n) is 4.34. The van der Waals surface area contributed by atoms with Gasteiger partial charge in [-0.15, -0.1) is 23.1 Å². The number of hydrogen-bond acceptors (Lipinski definition) is 10. The molecule has 2 atom stereocenters. The van der Waals surface area contributed by atoms with Gasteiger partial charge in [0.15, 0.2) is 29.8 Å². The lowest BCUT2D eigenvalue weighted by molar-refractivity contribution is -0.688. The summed E-state index contributed by atoms with van der Waals surface area (Å²) in [5.74, 6) is -2.09. The third-order valence-corrected chi connectivity index (χ3v) is 8.11. The smallest absolute Gasteiger partial charge is 0.352 e. The molecule has 0 radical (unpaired) electrons. The van der Waals surface area contributed by atoms with E-state index in [2.05, 4.69) is 15.5 Å². The number of carbonyl (C=O) groups is 3. The fourth-order valence-corrected chi connectivity index (χ4v) is 6.22. The van der Waals surface area contributed by atoms with Crippen molar-refractivity contribution in [3.05, 3.63) is 58.8 Å². The second-order valence-electron chi connectivity index (χ2n) is 8.44. The van der Waals surface area contributed by atoms with Gasteiger partial charge in [-0.25, -0.2) is 9.78 Å². The second-order valence-corrected chi connectivity index (χ2v) is 10.4. The molecule has 0 aliphatic carbocycles. The molecule has 1 saturated heterocycles. The summed E-state index contributed by atoms with van der Waals surface area (Å²) in [7, 11) is 0. The predicted molar refractivity (Wildman–Crippen MR) is 138 cm³/mol. The number of aliphatic hydroxyl groups is 1. The molecule has 0 unspecified atom stereocenters. The van der Waals surface area contributed by atoms with E-state index in [1.165, 1.54) is 16.7 Å². The van der Waals surface area contributed by atoms with Gasteiger partial charge in [-0.2, -0.15) is 4.57 Å². The van der Waals surface area contributed by atoms with Crippen LogP contribution in [-0.4, -0.2) is 71.8 Å². The Morgan fingerprint density at radius 3 is 2.89 bits per heavy atom. The van der Waals surface area contributed by atoms with Crippen molar-refractivity contribution in [2.75, 3.05) is 18.1 Å². The van der Waals surface area contributed by atoms with Crippen molar-refractivity contribution < 1.29 is 34.0 Å². The molecule has 5 rings (SSSR count). The lowest BCUT2D eigenvalue weighted by atomic mass is 10.0. The van der Waals surface area contributed by atoms with Crippen LogP contribution in [-0.2, 0) is 32.4 Å². The molecule has 0 saturated carbocycles. The average molecular weight is 559 g/mol. The van der Waals surface area contributed by atoms with Gasteiger partial charge in [0.2, 0.25) is 0 Å². The SMILES string of the molecule is CCO/N=C(\C(=O)N[C@@H]1C(=O)N2C(C(=O)O)=C(C[n+]3ccn4ccc(CO)c4c3)CS[C@@H]12)c1csc(N)n1. The van der Waals surface area contributed by atoms with E-state index in [0.717, 1.165) is 22.4 Å². The zero-order valence-electron chi connectivity index (χ0n) is 20.1. The number of nitrogens with zero attached hydrogens (tertiary/aromatic N) is 5. The standard InChI is InChI=1S/C23H23N7O6S2/c1-2-36-27-16(14-11-38-23(24)25-14)19(32)26-17-20(33)30-18(22(34)35)13(10-37-21(17)30)7-28-5-6-29-4-3-12(9-31)15(29)8-28/h3-6,8,11,17,21,31H,2,7,9-10H2,1H3,(H3-,24,25,26,32,34,35)/p+1/b27-16-/t17-,21+/m1/s1. The van der Waals surface area contributed by atoms with Crippen molar-refractivity contribution in [1.29, 1.82) is 0 Å². The van der Waals surface area contributed by atoms with Gasteiger partial charge in [0, 0.05) is 28.5 Å². The summed E-state index contributed by atoms with van der Waals surface area (Å²) < 4.78 is 3.67. The van der Waals surface area contributed by atoms with Crippen LogP contribution in [0.4, 0.5) is 5.13 Å². The first-order valence-electron chi connectivity index (χ1n) is 11.5. The van der Waals surface area contributed by atoms with Crippen molar-refractivity contribution in [1.82, 2.24) is 19.6 Å². The number of fused-ring (bicyclic) bond motifs is 2. The highest BCUT2D eigenvalue weighted by atomic mass is 32.2. The van der Waals surface area contributed by atoms with E-state index < -0.39 is 29.2 Å². The summed E-state index contributed by atoms with van der Waals surface area (Å²) in [6.45, 7) is 2.05. The van der Waals surface area contributed by atoms with Crippen LogP contribution >= 0.6 is 23.1 Å². The van der Waals surface area contributed by atoms with E-state index in [-0.39, 0.29) is 42.0 Å².